The van der Waals surface area contributed by atoms with Crippen LogP contribution in [0.5, 0.6) is 0 Å². The van der Waals surface area contributed by atoms with Gasteiger partial charge < -0.3 is 5.73 Å². The first kappa shape index (κ1) is 11.1. The maximum atomic E-state index is 5.76. The van der Waals surface area contributed by atoms with Gasteiger partial charge in [0.1, 0.15) is 0 Å². The lowest BCUT2D eigenvalue weighted by Crippen LogP contribution is -2.35. The van der Waals surface area contributed by atoms with Crippen molar-refractivity contribution >= 4 is 0 Å². The molecule has 1 rings (SSSR count). The number of hydrogen-bond acceptors (Lipinski definition) is 3. The molecule has 1 aromatic heterocycles. The molecule has 0 saturated heterocycles. The highest BCUT2D eigenvalue weighted by Crippen LogP contribution is 2.00. The molecule has 1 atom stereocenters. The maximum absolute atomic E-state index is 5.76. The van der Waals surface area contributed by atoms with Gasteiger partial charge in [-0.1, -0.05) is 13.0 Å². The first-order valence-corrected chi connectivity index (χ1v) is 5.10. The summed E-state index contributed by atoms with van der Waals surface area (Å²) in [4.78, 5) is 6.59. The number of rotatable bonds is 5. The number of pyridine rings is 1. The molecule has 78 valence electrons. The van der Waals surface area contributed by atoms with E-state index < -0.39 is 0 Å². The van der Waals surface area contributed by atoms with Crippen molar-refractivity contribution in [1.82, 2.24) is 9.88 Å². The first-order chi connectivity index (χ1) is 6.72. The highest BCUT2D eigenvalue weighted by Gasteiger charge is 2.06. The summed E-state index contributed by atoms with van der Waals surface area (Å²) in [5, 5.41) is 0. The van der Waals surface area contributed by atoms with Gasteiger partial charge in [-0.15, -0.1) is 0 Å². The smallest absolute Gasteiger partial charge is 0.0543 e. The molecule has 2 N–H and O–H groups in total. The Kier molecular flexibility index (Phi) is 4.56. The predicted octanol–water partition coefficient (Wildman–Crippen LogP) is 1.25. The fourth-order valence-corrected chi connectivity index (χ4v) is 1.43. The lowest BCUT2D eigenvalue weighted by molar-refractivity contribution is 0.263. The van der Waals surface area contributed by atoms with E-state index >= 15 is 0 Å². The third kappa shape index (κ3) is 3.85. The van der Waals surface area contributed by atoms with E-state index in [4.69, 9.17) is 5.73 Å². The summed E-state index contributed by atoms with van der Waals surface area (Å²) in [5.41, 5.74) is 6.87. The number of nitrogens with two attached hydrogens (primary N) is 1. The second-order valence-electron chi connectivity index (χ2n) is 3.63. The van der Waals surface area contributed by atoms with Crippen LogP contribution in [-0.2, 0) is 6.54 Å². The Balaban J connectivity index is 2.48. The van der Waals surface area contributed by atoms with E-state index in [1.807, 2.05) is 31.3 Å². The number of hydrogen-bond donors (Lipinski definition) is 1. The molecule has 3 nitrogen and oxygen atoms in total. The molecule has 0 fully saturated rings. The third-order valence-corrected chi connectivity index (χ3v) is 2.11. The Morgan fingerprint density at radius 2 is 2.29 bits per heavy atom. The number of likely N-dealkylation sites (N-methyl/N-ethyl adjacent to an activating group) is 1. The standard InChI is InChI=1S/C11H19N3/c1-3-14(8-10(2)12)9-11-6-4-5-7-13-11/h4-7,10H,3,8-9,12H2,1-2H3/t10-/m0/s1. The summed E-state index contributed by atoms with van der Waals surface area (Å²) in [6, 6.07) is 6.22. The van der Waals surface area contributed by atoms with Crippen LogP contribution in [0.2, 0.25) is 0 Å². The van der Waals surface area contributed by atoms with Crippen LogP contribution in [0.1, 0.15) is 19.5 Å². The summed E-state index contributed by atoms with van der Waals surface area (Å²) in [6.07, 6.45) is 1.83. The van der Waals surface area contributed by atoms with Crippen molar-refractivity contribution in [3.05, 3.63) is 30.1 Å². The summed E-state index contributed by atoms with van der Waals surface area (Å²) in [7, 11) is 0. The second-order valence-corrected chi connectivity index (χ2v) is 3.63. The Morgan fingerprint density at radius 1 is 1.50 bits per heavy atom. The van der Waals surface area contributed by atoms with E-state index in [0.29, 0.717) is 0 Å². The monoisotopic (exact) mass is 193 g/mol. The van der Waals surface area contributed by atoms with E-state index in [9.17, 15) is 0 Å². The Labute approximate surface area is 85.9 Å². The average Bonchev–Trinajstić information content (AvgIpc) is 2.17. The number of nitrogens with zero attached hydrogens (tertiary/aromatic N) is 2. The Bertz CT molecular complexity index is 246. The van der Waals surface area contributed by atoms with Crippen molar-refractivity contribution in [3.8, 4) is 0 Å². The SMILES string of the molecule is CCN(Cc1ccccn1)C[C@H](C)N. The van der Waals surface area contributed by atoms with Gasteiger partial charge in [-0.2, -0.15) is 0 Å². The third-order valence-electron chi connectivity index (χ3n) is 2.11. The Morgan fingerprint density at radius 3 is 2.79 bits per heavy atom. The van der Waals surface area contributed by atoms with Crippen molar-refractivity contribution < 1.29 is 0 Å². The lowest BCUT2D eigenvalue weighted by Gasteiger charge is -2.21. The van der Waals surface area contributed by atoms with E-state index in [1.165, 1.54) is 0 Å². The fraction of sp³-hybridized carbons (Fsp3) is 0.545. The maximum Gasteiger partial charge on any atom is 0.0543 e. The molecule has 0 aliphatic carbocycles. The van der Waals surface area contributed by atoms with E-state index in [2.05, 4.69) is 16.8 Å². The molecule has 0 saturated carbocycles. The molecule has 0 aliphatic heterocycles. The minimum absolute atomic E-state index is 0.221. The molecule has 1 heterocycles. The van der Waals surface area contributed by atoms with Crippen LogP contribution in [0, 0.1) is 0 Å². The molecule has 0 radical (unpaired) electrons. The van der Waals surface area contributed by atoms with Crippen molar-refractivity contribution in [1.29, 1.82) is 0 Å². The van der Waals surface area contributed by atoms with Gasteiger partial charge in [0, 0.05) is 25.3 Å². The molecule has 0 aromatic carbocycles. The van der Waals surface area contributed by atoms with Gasteiger partial charge in [0.15, 0.2) is 0 Å². The molecule has 0 bridgehead atoms. The van der Waals surface area contributed by atoms with Crippen LogP contribution in [-0.4, -0.2) is 29.0 Å². The van der Waals surface area contributed by atoms with E-state index in [-0.39, 0.29) is 6.04 Å². The average molecular weight is 193 g/mol. The van der Waals surface area contributed by atoms with Crippen molar-refractivity contribution in [3.63, 3.8) is 0 Å². The highest BCUT2D eigenvalue weighted by molar-refractivity contribution is 5.03. The lowest BCUT2D eigenvalue weighted by atomic mass is 10.3. The molecular formula is C11H19N3. The van der Waals surface area contributed by atoms with Crippen LogP contribution < -0.4 is 5.73 Å². The minimum atomic E-state index is 0.221. The van der Waals surface area contributed by atoms with Gasteiger partial charge in [0.25, 0.3) is 0 Å². The van der Waals surface area contributed by atoms with Gasteiger partial charge >= 0.3 is 0 Å². The molecule has 3 heteroatoms. The summed E-state index contributed by atoms with van der Waals surface area (Å²) < 4.78 is 0. The second kappa shape index (κ2) is 5.73. The van der Waals surface area contributed by atoms with E-state index in [1.54, 1.807) is 0 Å². The quantitative estimate of drug-likeness (QED) is 0.765. The van der Waals surface area contributed by atoms with Crippen LogP contribution in [0.3, 0.4) is 0 Å². The zero-order valence-electron chi connectivity index (χ0n) is 8.98. The van der Waals surface area contributed by atoms with Crippen molar-refractivity contribution in [2.24, 2.45) is 5.73 Å². The van der Waals surface area contributed by atoms with Crippen molar-refractivity contribution in [2.45, 2.75) is 26.4 Å². The summed E-state index contributed by atoms with van der Waals surface area (Å²) in [5.74, 6) is 0. The molecule has 0 amide bonds. The normalized spacial score (nSPS) is 13.1. The predicted molar refractivity (Wildman–Crippen MR) is 58.8 cm³/mol. The van der Waals surface area contributed by atoms with Gasteiger partial charge in [-0.3, -0.25) is 9.88 Å². The van der Waals surface area contributed by atoms with Gasteiger partial charge in [-0.05, 0) is 25.6 Å². The topological polar surface area (TPSA) is 42.2 Å². The van der Waals surface area contributed by atoms with Crippen LogP contribution in [0.4, 0.5) is 0 Å². The minimum Gasteiger partial charge on any atom is -0.327 e. The fourth-order valence-electron chi connectivity index (χ4n) is 1.43. The van der Waals surface area contributed by atoms with Crippen LogP contribution in [0.25, 0.3) is 0 Å². The van der Waals surface area contributed by atoms with E-state index in [0.717, 1.165) is 25.3 Å². The number of aromatic nitrogens is 1. The highest BCUT2D eigenvalue weighted by atomic mass is 15.1. The molecular weight excluding hydrogens is 174 g/mol. The molecule has 0 spiro atoms. The van der Waals surface area contributed by atoms with Gasteiger partial charge in [0.05, 0.1) is 5.69 Å². The zero-order chi connectivity index (χ0) is 10.4. The molecule has 0 unspecified atom stereocenters. The Hall–Kier alpha value is -0.930. The van der Waals surface area contributed by atoms with Crippen LogP contribution in [0.15, 0.2) is 24.4 Å². The largest absolute Gasteiger partial charge is 0.327 e. The molecule has 14 heavy (non-hydrogen) atoms. The van der Waals surface area contributed by atoms with Gasteiger partial charge in [0.2, 0.25) is 0 Å². The summed E-state index contributed by atoms with van der Waals surface area (Å²) in [6.45, 7) is 7.00. The van der Waals surface area contributed by atoms with Gasteiger partial charge in [-0.25, -0.2) is 0 Å². The molecule has 1 aromatic rings. The van der Waals surface area contributed by atoms with Crippen molar-refractivity contribution in [2.75, 3.05) is 13.1 Å². The first-order valence-electron chi connectivity index (χ1n) is 5.10. The zero-order valence-corrected chi connectivity index (χ0v) is 8.98. The van der Waals surface area contributed by atoms with Crippen LogP contribution >= 0.6 is 0 Å². The summed E-state index contributed by atoms with van der Waals surface area (Å²) >= 11 is 0. The molecule has 0 aliphatic rings.